The monoisotopic (exact) mass is 587 g/mol. The number of ether oxygens (including phenoxy) is 2. The number of nitro benzene ring substituents is 1. The summed E-state index contributed by atoms with van der Waals surface area (Å²) in [5, 5.41) is 25.2. The van der Waals surface area contributed by atoms with E-state index < -0.39 is 51.7 Å². The molecule has 4 unspecified atom stereocenters. The number of hydrogen-bond donors (Lipinski definition) is 2. The number of nitro groups is 1. The Balaban J connectivity index is 1.64. The molecule has 11 heteroatoms. The van der Waals surface area contributed by atoms with Crippen molar-refractivity contribution in [3.63, 3.8) is 0 Å². The molecule has 224 valence electrons. The molecule has 4 atom stereocenters. The molecule has 2 aliphatic rings. The summed E-state index contributed by atoms with van der Waals surface area (Å²) in [5.41, 5.74) is -1.12. The molecule has 2 fully saturated rings. The number of fused-ring (bicyclic) bond motifs is 1. The van der Waals surface area contributed by atoms with E-state index in [9.17, 15) is 29.6 Å². The van der Waals surface area contributed by atoms with Crippen LogP contribution in [0, 0.1) is 22.0 Å². The van der Waals surface area contributed by atoms with E-state index in [-0.39, 0.29) is 18.7 Å². The second-order valence-corrected chi connectivity index (χ2v) is 11.8. The van der Waals surface area contributed by atoms with E-state index >= 15 is 0 Å². The summed E-state index contributed by atoms with van der Waals surface area (Å²) in [6.07, 6.45) is -0.195. The molecule has 43 heavy (non-hydrogen) atoms. The highest BCUT2D eigenvalue weighted by Crippen LogP contribution is 2.53. The van der Waals surface area contributed by atoms with E-state index in [4.69, 9.17) is 9.47 Å². The number of non-ortho nitro benzene ring substituents is 1. The third kappa shape index (κ3) is 5.20. The molecule has 2 amide bonds. The fourth-order valence-corrected chi connectivity index (χ4v) is 6.25. The maximum absolute atomic E-state index is 14.1. The quantitative estimate of drug-likeness (QED) is 0.212. The zero-order valence-electron chi connectivity index (χ0n) is 24.3. The van der Waals surface area contributed by atoms with Crippen LogP contribution < -0.4 is 14.8 Å². The van der Waals surface area contributed by atoms with Crippen LogP contribution in [0.3, 0.4) is 0 Å². The predicted molar refractivity (Wildman–Crippen MR) is 155 cm³/mol. The molecule has 0 aromatic heterocycles. The van der Waals surface area contributed by atoms with Crippen molar-refractivity contribution in [2.45, 2.75) is 50.9 Å². The van der Waals surface area contributed by atoms with E-state index in [0.29, 0.717) is 22.6 Å². The van der Waals surface area contributed by atoms with Gasteiger partial charge in [-0.1, -0.05) is 54.6 Å². The molecule has 5 rings (SSSR count). The molecule has 2 aliphatic heterocycles. The van der Waals surface area contributed by atoms with Crippen molar-refractivity contribution in [2.75, 3.05) is 7.11 Å². The average Bonchev–Trinajstić information content (AvgIpc) is 3.45. The highest BCUT2D eigenvalue weighted by Gasteiger charge is 2.69. The Morgan fingerprint density at radius 1 is 1.00 bits per heavy atom. The third-order valence-electron chi connectivity index (χ3n) is 8.13. The van der Waals surface area contributed by atoms with Gasteiger partial charge in [0.05, 0.1) is 23.9 Å². The van der Waals surface area contributed by atoms with Gasteiger partial charge in [0, 0.05) is 35.7 Å². The number of carboxylic acid groups (broad SMARTS) is 1. The van der Waals surface area contributed by atoms with Gasteiger partial charge in [-0.15, -0.1) is 0 Å². The molecule has 0 bridgehead atoms. The van der Waals surface area contributed by atoms with Gasteiger partial charge in [0.1, 0.15) is 12.1 Å². The Kier molecular flexibility index (Phi) is 7.70. The summed E-state index contributed by atoms with van der Waals surface area (Å²) >= 11 is 0. The average molecular weight is 588 g/mol. The highest BCUT2D eigenvalue weighted by atomic mass is 16.6. The van der Waals surface area contributed by atoms with Gasteiger partial charge < -0.3 is 14.6 Å². The molecule has 11 nitrogen and oxygen atoms in total. The molecular formula is C32H33N3O8. The lowest BCUT2D eigenvalue weighted by Crippen LogP contribution is -2.58. The normalized spacial score (nSPS) is 23.3. The number of likely N-dealkylation sites (tertiary alicyclic amines) is 1. The molecular weight excluding hydrogens is 554 g/mol. The van der Waals surface area contributed by atoms with Gasteiger partial charge in [0.15, 0.2) is 11.5 Å². The number of amides is 2. The first kappa shape index (κ1) is 29.7. The molecule has 0 radical (unpaired) electrons. The molecule has 0 spiro atoms. The minimum absolute atomic E-state index is 0.147. The third-order valence-corrected chi connectivity index (χ3v) is 8.13. The predicted octanol–water partition coefficient (Wildman–Crippen LogP) is 4.29. The molecule has 3 aromatic carbocycles. The minimum Gasteiger partial charge on any atom is -0.493 e. The second kappa shape index (κ2) is 11.1. The van der Waals surface area contributed by atoms with Gasteiger partial charge in [0.2, 0.25) is 11.8 Å². The van der Waals surface area contributed by atoms with Crippen LogP contribution in [0.25, 0.3) is 0 Å². The molecule has 2 heterocycles. The van der Waals surface area contributed by atoms with Gasteiger partial charge in [-0.3, -0.25) is 34.7 Å². The second-order valence-electron chi connectivity index (χ2n) is 11.8. The van der Waals surface area contributed by atoms with Crippen molar-refractivity contribution in [3.05, 3.63) is 99.6 Å². The van der Waals surface area contributed by atoms with Crippen molar-refractivity contribution >= 4 is 23.5 Å². The number of hydrogen-bond acceptors (Lipinski definition) is 8. The summed E-state index contributed by atoms with van der Waals surface area (Å²) in [6.45, 7) is 5.36. The van der Waals surface area contributed by atoms with Crippen LogP contribution in [0.15, 0.2) is 72.8 Å². The van der Waals surface area contributed by atoms with Crippen molar-refractivity contribution in [3.8, 4) is 11.5 Å². The Hall–Kier alpha value is -4.77. The molecule has 2 N–H and O–H groups in total. The topological polar surface area (TPSA) is 148 Å². The largest absolute Gasteiger partial charge is 0.493 e. The number of carboxylic acids is 1. The van der Waals surface area contributed by atoms with Crippen molar-refractivity contribution < 1.29 is 33.9 Å². The Bertz CT molecular complexity index is 1570. The van der Waals surface area contributed by atoms with Crippen LogP contribution in [0.1, 0.15) is 43.5 Å². The fraction of sp³-hybridized carbons (Fsp3) is 0.344. The zero-order valence-corrected chi connectivity index (χ0v) is 24.3. The number of para-hydroxylation sites is 1. The van der Waals surface area contributed by atoms with Gasteiger partial charge in [-0.05, 0) is 38.0 Å². The van der Waals surface area contributed by atoms with Gasteiger partial charge >= 0.3 is 5.97 Å². The van der Waals surface area contributed by atoms with Crippen molar-refractivity contribution in [2.24, 2.45) is 11.8 Å². The standard InChI is InChI=1S/C32H33N3O8/c1-31(2,3)34-28(36)24-25(29(34)37)32(30(38)39,17-19-13-15-21(16-14-19)35(40)41)33-26(24)22-11-8-12-23(42-4)27(22)43-18-20-9-6-5-7-10-20/h5-16,24-26,33H,17-18H2,1-4H3,(H,38,39). The summed E-state index contributed by atoms with van der Waals surface area (Å²) < 4.78 is 11.9. The van der Waals surface area contributed by atoms with Crippen LogP contribution in [0.4, 0.5) is 5.69 Å². The summed E-state index contributed by atoms with van der Waals surface area (Å²) in [5.74, 6) is -3.98. The summed E-state index contributed by atoms with van der Waals surface area (Å²) in [4.78, 5) is 53.2. The highest BCUT2D eigenvalue weighted by molar-refractivity contribution is 6.10. The lowest BCUT2D eigenvalue weighted by molar-refractivity contribution is -0.384. The Labute approximate surface area is 248 Å². The number of methoxy groups -OCH3 is 1. The number of nitrogens with one attached hydrogen (secondary N) is 1. The van der Waals surface area contributed by atoms with Gasteiger partial charge in [0.25, 0.3) is 5.69 Å². The lowest BCUT2D eigenvalue weighted by atomic mass is 9.76. The SMILES string of the molecule is COc1cccc(C2NC(Cc3ccc([N+](=O)[O-])cc3)(C(=O)O)C3C(=O)N(C(C)(C)C)C(=O)C23)c1OCc1ccccc1. The van der Waals surface area contributed by atoms with E-state index in [1.165, 1.54) is 31.4 Å². The van der Waals surface area contributed by atoms with Gasteiger partial charge in [-0.2, -0.15) is 0 Å². The molecule has 0 saturated carbocycles. The molecule has 2 saturated heterocycles. The number of carbonyl (C=O) groups is 3. The first-order valence-electron chi connectivity index (χ1n) is 13.8. The Morgan fingerprint density at radius 3 is 2.26 bits per heavy atom. The Morgan fingerprint density at radius 2 is 1.67 bits per heavy atom. The zero-order chi connectivity index (χ0) is 31.1. The van der Waals surface area contributed by atoms with Crippen LogP contribution in [0.2, 0.25) is 0 Å². The van der Waals surface area contributed by atoms with E-state index in [0.717, 1.165) is 10.5 Å². The number of carbonyl (C=O) groups excluding carboxylic acids is 2. The van der Waals surface area contributed by atoms with Crippen molar-refractivity contribution in [1.82, 2.24) is 10.2 Å². The first-order valence-corrected chi connectivity index (χ1v) is 13.8. The van der Waals surface area contributed by atoms with E-state index in [2.05, 4.69) is 5.32 Å². The summed E-state index contributed by atoms with van der Waals surface area (Å²) in [6, 6.07) is 19.2. The fourth-order valence-electron chi connectivity index (χ4n) is 6.25. The maximum atomic E-state index is 14.1. The number of rotatable bonds is 9. The van der Waals surface area contributed by atoms with Crippen LogP contribution in [-0.2, 0) is 27.4 Å². The smallest absolute Gasteiger partial charge is 0.325 e. The van der Waals surface area contributed by atoms with Crippen LogP contribution in [0.5, 0.6) is 11.5 Å². The number of nitrogens with zero attached hydrogens (tertiary/aromatic N) is 2. The summed E-state index contributed by atoms with van der Waals surface area (Å²) in [7, 11) is 1.49. The van der Waals surface area contributed by atoms with E-state index in [1.54, 1.807) is 39.0 Å². The van der Waals surface area contributed by atoms with Crippen LogP contribution >= 0.6 is 0 Å². The molecule has 3 aromatic rings. The molecule has 0 aliphatic carbocycles. The minimum atomic E-state index is -1.90. The number of imide groups is 1. The number of benzene rings is 3. The van der Waals surface area contributed by atoms with Crippen LogP contribution in [-0.4, -0.2) is 50.9 Å². The van der Waals surface area contributed by atoms with Gasteiger partial charge in [-0.25, -0.2) is 0 Å². The van der Waals surface area contributed by atoms with E-state index in [1.807, 2.05) is 30.3 Å². The number of aliphatic carboxylic acids is 1. The maximum Gasteiger partial charge on any atom is 0.325 e. The first-order chi connectivity index (χ1) is 20.4. The lowest BCUT2D eigenvalue weighted by Gasteiger charge is -2.35. The van der Waals surface area contributed by atoms with Crippen molar-refractivity contribution in [1.29, 1.82) is 0 Å².